The van der Waals surface area contributed by atoms with Gasteiger partial charge in [0.15, 0.2) is 11.3 Å². The molecule has 1 aromatic heterocycles. The summed E-state index contributed by atoms with van der Waals surface area (Å²) in [5.41, 5.74) is 1.30. The van der Waals surface area contributed by atoms with E-state index in [9.17, 15) is 4.79 Å². The van der Waals surface area contributed by atoms with Crippen LogP contribution in [0.5, 0.6) is 0 Å². The van der Waals surface area contributed by atoms with Crippen molar-refractivity contribution in [3.63, 3.8) is 0 Å². The number of furan rings is 1. The predicted octanol–water partition coefficient (Wildman–Crippen LogP) is 2.75. The number of aryl methyl sites for hydroxylation is 1. The number of carbonyl (C=O) groups excluding carboxylic acids is 1. The number of fused-ring (bicyclic) bond motifs is 1. The molecule has 2 aromatic rings. The number of halogens is 1. The molecule has 1 unspecified atom stereocenters. The van der Waals surface area contributed by atoms with Crippen LogP contribution in [-0.2, 0) is 0 Å². The maximum Gasteiger partial charge on any atom is 0.287 e. The van der Waals surface area contributed by atoms with E-state index >= 15 is 0 Å². The summed E-state index contributed by atoms with van der Waals surface area (Å²) in [6.45, 7) is 4.11. The van der Waals surface area contributed by atoms with Crippen LogP contribution in [0, 0.1) is 12.8 Å². The quantitative estimate of drug-likeness (QED) is 0.906. The molecule has 0 saturated carbocycles. The molecule has 1 amide bonds. The highest BCUT2D eigenvalue weighted by atomic mass is 35.5. The number of nitrogens with one attached hydrogen (secondary N) is 1. The first-order valence-electron chi connectivity index (χ1n) is 6.11. The Morgan fingerprint density at radius 1 is 1.53 bits per heavy atom. The molecule has 4 nitrogen and oxygen atoms in total. The lowest BCUT2D eigenvalue weighted by Crippen LogP contribution is -2.29. The number of para-hydroxylation sites is 1. The molecule has 1 aromatic carbocycles. The highest BCUT2D eigenvalue weighted by molar-refractivity contribution is 6.35. The van der Waals surface area contributed by atoms with Crippen molar-refractivity contribution in [2.24, 2.45) is 5.92 Å². The minimum Gasteiger partial charge on any atom is -0.449 e. The molecule has 2 N–H and O–H groups in total. The number of hydrogen-bond donors (Lipinski definition) is 2. The summed E-state index contributed by atoms with van der Waals surface area (Å²) in [5, 5.41) is 13.0. The second-order valence-corrected chi connectivity index (χ2v) is 5.08. The molecule has 102 valence electrons. The molecular weight excluding hydrogens is 266 g/mol. The highest BCUT2D eigenvalue weighted by Gasteiger charge is 2.19. The van der Waals surface area contributed by atoms with E-state index in [1.165, 1.54) is 0 Å². The molecule has 0 bridgehead atoms. The van der Waals surface area contributed by atoms with Gasteiger partial charge < -0.3 is 14.8 Å². The van der Waals surface area contributed by atoms with Crippen LogP contribution >= 0.6 is 11.6 Å². The zero-order chi connectivity index (χ0) is 14.0. The largest absolute Gasteiger partial charge is 0.449 e. The van der Waals surface area contributed by atoms with Gasteiger partial charge in [0.25, 0.3) is 5.91 Å². The normalized spacial score (nSPS) is 12.6. The summed E-state index contributed by atoms with van der Waals surface area (Å²) < 4.78 is 5.55. The number of carbonyl (C=O) groups is 1. The van der Waals surface area contributed by atoms with Crippen molar-refractivity contribution in [2.75, 3.05) is 13.2 Å². The van der Waals surface area contributed by atoms with Gasteiger partial charge in [0.1, 0.15) is 0 Å². The van der Waals surface area contributed by atoms with Gasteiger partial charge in [-0.05, 0) is 18.9 Å². The molecule has 1 atom stereocenters. The van der Waals surface area contributed by atoms with Crippen molar-refractivity contribution in [3.05, 3.63) is 34.5 Å². The van der Waals surface area contributed by atoms with Crippen molar-refractivity contribution in [1.82, 2.24) is 5.32 Å². The number of aliphatic hydroxyl groups excluding tert-OH is 1. The molecule has 2 rings (SSSR count). The van der Waals surface area contributed by atoms with Crippen LogP contribution in [0.15, 0.2) is 22.6 Å². The average Bonchev–Trinajstić information content (AvgIpc) is 2.75. The van der Waals surface area contributed by atoms with E-state index in [0.29, 0.717) is 17.2 Å². The summed E-state index contributed by atoms with van der Waals surface area (Å²) in [5.74, 6) is -0.00414. The van der Waals surface area contributed by atoms with E-state index in [1.807, 2.05) is 26.0 Å². The zero-order valence-corrected chi connectivity index (χ0v) is 11.6. The van der Waals surface area contributed by atoms with Crippen LogP contribution in [0.1, 0.15) is 23.0 Å². The van der Waals surface area contributed by atoms with Gasteiger partial charge in [-0.3, -0.25) is 4.79 Å². The number of benzene rings is 1. The van der Waals surface area contributed by atoms with E-state index in [2.05, 4.69) is 5.32 Å². The minimum atomic E-state index is -0.287. The Morgan fingerprint density at radius 3 is 2.89 bits per heavy atom. The topological polar surface area (TPSA) is 62.5 Å². The van der Waals surface area contributed by atoms with Crippen molar-refractivity contribution in [2.45, 2.75) is 13.8 Å². The number of rotatable bonds is 4. The molecule has 1 heterocycles. The van der Waals surface area contributed by atoms with Gasteiger partial charge >= 0.3 is 0 Å². The van der Waals surface area contributed by atoms with Crippen LogP contribution < -0.4 is 5.32 Å². The van der Waals surface area contributed by atoms with Crippen molar-refractivity contribution in [3.8, 4) is 0 Å². The predicted molar refractivity (Wildman–Crippen MR) is 74.5 cm³/mol. The zero-order valence-electron chi connectivity index (χ0n) is 10.9. The third kappa shape index (κ3) is 2.74. The number of aliphatic hydroxyl groups is 1. The summed E-state index contributed by atoms with van der Waals surface area (Å²) in [4.78, 5) is 12.0. The molecule has 0 aliphatic heterocycles. The summed E-state index contributed by atoms with van der Waals surface area (Å²) in [6, 6.07) is 5.41. The van der Waals surface area contributed by atoms with E-state index in [-0.39, 0.29) is 24.2 Å². The minimum absolute atomic E-state index is 0.0113. The lowest BCUT2D eigenvalue weighted by atomic mass is 10.1. The van der Waals surface area contributed by atoms with Gasteiger partial charge in [-0.2, -0.15) is 0 Å². The van der Waals surface area contributed by atoms with Gasteiger partial charge in [-0.15, -0.1) is 0 Å². The Morgan fingerprint density at radius 2 is 2.26 bits per heavy atom. The van der Waals surface area contributed by atoms with E-state index < -0.39 is 0 Å². The summed E-state index contributed by atoms with van der Waals surface area (Å²) in [7, 11) is 0. The molecular formula is C14H16ClNO3. The standard InChI is InChI=1S/C14H16ClNO3/c1-8(7-17)6-16-14(18)12-9(2)10-4-3-5-11(15)13(10)19-12/h3-5,8,17H,6-7H2,1-2H3,(H,16,18). The molecule has 0 spiro atoms. The molecule has 0 fully saturated rings. The van der Waals surface area contributed by atoms with Crippen LogP contribution in [-0.4, -0.2) is 24.2 Å². The second kappa shape index (κ2) is 5.63. The number of hydrogen-bond acceptors (Lipinski definition) is 3. The van der Waals surface area contributed by atoms with E-state index in [1.54, 1.807) is 6.07 Å². The third-order valence-electron chi connectivity index (χ3n) is 3.04. The lowest BCUT2D eigenvalue weighted by molar-refractivity contribution is 0.0916. The van der Waals surface area contributed by atoms with Crippen molar-refractivity contribution < 1.29 is 14.3 Å². The van der Waals surface area contributed by atoms with Crippen LogP contribution in [0.2, 0.25) is 5.02 Å². The third-order valence-corrected chi connectivity index (χ3v) is 3.34. The highest BCUT2D eigenvalue weighted by Crippen LogP contribution is 2.30. The summed E-state index contributed by atoms with van der Waals surface area (Å²) in [6.07, 6.45) is 0. The monoisotopic (exact) mass is 281 g/mol. The Balaban J connectivity index is 2.28. The maximum atomic E-state index is 12.0. The second-order valence-electron chi connectivity index (χ2n) is 4.67. The Kier molecular flexibility index (Phi) is 4.12. The molecule has 0 aliphatic rings. The van der Waals surface area contributed by atoms with Gasteiger partial charge in [0.05, 0.1) is 5.02 Å². The van der Waals surface area contributed by atoms with Crippen LogP contribution in [0.4, 0.5) is 0 Å². The van der Waals surface area contributed by atoms with Gasteiger partial charge in [-0.1, -0.05) is 30.7 Å². The molecule has 5 heteroatoms. The van der Waals surface area contributed by atoms with Crippen LogP contribution in [0.25, 0.3) is 11.0 Å². The van der Waals surface area contributed by atoms with E-state index in [0.717, 1.165) is 10.9 Å². The fourth-order valence-corrected chi connectivity index (χ4v) is 2.05. The average molecular weight is 282 g/mol. The molecule has 0 aliphatic carbocycles. The SMILES string of the molecule is Cc1c(C(=O)NCC(C)CO)oc2c(Cl)cccc12. The Bertz CT molecular complexity index is 606. The smallest absolute Gasteiger partial charge is 0.287 e. The number of amides is 1. The first-order chi connectivity index (χ1) is 9.04. The molecule has 0 saturated heterocycles. The summed E-state index contributed by atoms with van der Waals surface area (Å²) >= 11 is 6.04. The maximum absolute atomic E-state index is 12.0. The Labute approximate surface area is 116 Å². The van der Waals surface area contributed by atoms with Crippen molar-refractivity contribution >= 4 is 28.5 Å². The van der Waals surface area contributed by atoms with Gasteiger partial charge in [0, 0.05) is 24.1 Å². The van der Waals surface area contributed by atoms with Crippen molar-refractivity contribution in [1.29, 1.82) is 0 Å². The fourth-order valence-electron chi connectivity index (χ4n) is 1.84. The first kappa shape index (κ1) is 13.9. The van der Waals surface area contributed by atoms with Gasteiger partial charge in [0.2, 0.25) is 0 Å². The molecule has 0 radical (unpaired) electrons. The lowest BCUT2D eigenvalue weighted by Gasteiger charge is -2.08. The molecule has 19 heavy (non-hydrogen) atoms. The first-order valence-corrected chi connectivity index (χ1v) is 6.49. The van der Waals surface area contributed by atoms with Gasteiger partial charge in [-0.25, -0.2) is 0 Å². The van der Waals surface area contributed by atoms with Crippen LogP contribution in [0.3, 0.4) is 0 Å². The Hall–Kier alpha value is -1.52. The van der Waals surface area contributed by atoms with E-state index in [4.69, 9.17) is 21.1 Å². The fraction of sp³-hybridized carbons (Fsp3) is 0.357.